The maximum absolute atomic E-state index is 12.6. The molecular weight excluding hydrogens is 558 g/mol. The van der Waals surface area contributed by atoms with Gasteiger partial charge in [-0.1, -0.05) is 30.8 Å². The molecule has 228 valence electrons. The number of nitrogens with one attached hydrogen (secondary N) is 2. The maximum atomic E-state index is 12.6. The van der Waals surface area contributed by atoms with Gasteiger partial charge in [-0.2, -0.15) is 11.8 Å². The minimum atomic E-state index is -1.02. The van der Waals surface area contributed by atoms with E-state index in [2.05, 4.69) is 41.5 Å². The first-order chi connectivity index (χ1) is 20.0. The number of nitrogens with two attached hydrogens (primary N) is 1. The van der Waals surface area contributed by atoms with Crippen molar-refractivity contribution in [3.8, 4) is 0 Å². The average molecular weight is 600 g/mol. The number of amides is 5. The molecule has 2 aliphatic rings. The number of rotatable bonds is 17. The topological polar surface area (TPSA) is 162 Å². The van der Waals surface area contributed by atoms with Crippen LogP contribution in [0.25, 0.3) is 0 Å². The zero-order chi connectivity index (χ0) is 30.6. The normalized spacial score (nSPS) is 18.1. The number of likely N-dealkylation sites (tertiary alicyclic amines) is 1. The van der Waals surface area contributed by atoms with Gasteiger partial charge < -0.3 is 26.4 Å². The summed E-state index contributed by atoms with van der Waals surface area (Å²) in [6.07, 6.45) is 4.39. The summed E-state index contributed by atoms with van der Waals surface area (Å²) < 4.78 is 0. The standard InChI is InChI=1S/C30H41N5O6S/c1-20(31)15-23-6-3-5-22(16-23)7-4-14-42-25-17-30(41)34(21(25)2)12-10-26(37)32-18-24(36)19-33-27(38)11-13-35-28(39)8-9-29(35)40/h3,5-6,8-9,16,20,24-25,36H,2,4,7,10-15,17-19,31H2,1H3,(H,32,37)(H,33,38). The summed E-state index contributed by atoms with van der Waals surface area (Å²) in [5, 5.41) is 15.2. The highest BCUT2D eigenvalue weighted by Gasteiger charge is 2.33. The van der Waals surface area contributed by atoms with Crippen molar-refractivity contribution in [2.24, 2.45) is 5.73 Å². The molecule has 42 heavy (non-hydrogen) atoms. The van der Waals surface area contributed by atoms with E-state index in [4.69, 9.17) is 5.73 Å². The van der Waals surface area contributed by atoms with Gasteiger partial charge in [-0.05, 0) is 43.1 Å². The Kier molecular flexibility index (Phi) is 12.8. The van der Waals surface area contributed by atoms with Gasteiger partial charge in [-0.15, -0.1) is 0 Å². The molecule has 1 saturated heterocycles. The van der Waals surface area contributed by atoms with E-state index in [1.165, 1.54) is 11.1 Å². The van der Waals surface area contributed by atoms with Crippen LogP contribution in [0.4, 0.5) is 0 Å². The van der Waals surface area contributed by atoms with Crippen LogP contribution in [0.5, 0.6) is 0 Å². The van der Waals surface area contributed by atoms with Crippen LogP contribution in [-0.4, -0.2) is 93.8 Å². The fraction of sp³-hybridized carbons (Fsp3) is 0.500. The van der Waals surface area contributed by atoms with E-state index < -0.39 is 23.8 Å². The van der Waals surface area contributed by atoms with Crippen LogP contribution in [0.15, 0.2) is 48.7 Å². The third-order valence-electron chi connectivity index (χ3n) is 6.95. The summed E-state index contributed by atoms with van der Waals surface area (Å²) in [6, 6.07) is 8.62. The first-order valence-corrected chi connectivity index (χ1v) is 15.3. The highest BCUT2D eigenvalue weighted by molar-refractivity contribution is 8.00. The predicted octanol–water partition coefficient (Wildman–Crippen LogP) is 0.655. The minimum Gasteiger partial charge on any atom is -0.389 e. The van der Waals surface area contributed by atoms with E-state index in [0.29, 0.717) is 12.1 Å². The second-order valence-corrected chi connectivity index (χ2v) is 11.9. The molecule has 11 nitrogen and oxygen atoms in total. The van der Waals surface area contributed by atoms with Crippen molar-refractivity contribution in [3.05, 3.63) is 59.8 Å². The van der Waals surface area contributed by atoms with Crippen molar-refractivity contribution in [3.63, 3.8) is 0 Å². The van der Waals surface area contributed by atoms with E-state index >= 15 is 0 Å². The van der Waals surface area contributed by atoms with E-state index in [9.17, 15) is 29.1 Å². The third kappa shape index (κ3) is 10.4. The monoisotopic (exact) mass is 599 g/mol. The van der Waals surface area contributed by atoms with Crippen LogP contribution in [0.3, 0.4) is 0 Å². The molecule has 0 saturated carbocycles. The molecule has 1 aromatic carbocycles. The molecule has 2 heterocycles. The molecule has 5 N–H and O–H groups in total. The number of hydrogen-bond acceptors (Lipinski definition) is 8. The third-order valence-corrected chi connectivity index (χ3v) is 8.32. The van der Waals surface area contributed by atoms with Crippen LogP contribution in [0.2, 0.25) is 0 Å². The predicted molar refractivity (Wildman–Crippen MR) is 161 cm³/mol. The molecule has 3 unspecified atom stereocenters. The quantitative estimate of drug-likeness (QED) is 0.150. The van der Waals surface area contributed by atoms with Gasteiger partial charge in [-0.25, -0.2) is 0 Å². The Morgan fingerprint density at radius 2 is 1.64 bits per heavy atom. The molecule has 0 spiro atoms. The van der Waals surface area contributed by atoms with Crippen molar-refractivity contribution in [1.29, 1.82) is 0 Å². The lowest BCUT2D eigenvalue weighted by Gasteiger charge is -2.19. The molecule has 3 atom stereocenters. The summed E-state index contributed by atoms with van der Waals surface area (Å²) in [7, 11) is 0. The number of hydrogen-bond donors (Lipinski definition) is 4. The number of aryl methyl sites for hydroxylation is 1. The van der Waals surface area contributed by atoms with Crippen molar-refractivity contribution in [1.82, 2.24) is 20.4 Å². The Labute approximate surface area is 250 Å². The first kappa shape index (κ1) is 33.0. The molecule has 1 fully saturated rings. The minimum absolute atomic E-state index is 0.00612. The largest absolute Gasteiger partial charge is 0.389 e. The van der Waals surface area contributed by atoms with Gasteiger partial charge in [0.25, 0.3) is 11.8 Å². The van der Waals surface area contributed by atoms with Crippen LogP contribution in [-0.2, 0) is 36.8 Å². The smallest absolute Gasteiger partial charge is 0.253 e. The van der Waals surface area contributed by atoms with E-state index in [1.807, 2.05) is 6.92 Å². The van der Waals surface area contributed by atoms with Gasteiger partial charge in [0, 0.05) is 69.3 Å². The van der Waals surface area contributed by atoms with E-state index in [1.54, 1.807) is 16.7 Å². The lowest BCUT2D eigenvalue weighted by atomic mass is 10.0. The van der Waals surface area contributed by atoms with Crippen molar-refractivity contribution in [2.45, 2.75) is 62.8 Å². The molecule has 0 aromatic heterocycles. The molecule has 12 heteroatoms. The van der Waals surface area contributed by atoms with Crippen LogP contribution >= 0.6 is 11.8 Å². The Morgan fingerprint density at radius 3 is 2.26 bits per heavy atom. The summed E-state index contributed by atoms with van der Waals surface area (Å²) >= 11 is 1.71. The SMILES string of the molecule is C=C1C(SCCCc2cccc(CC(C)N)c2)CC(=O)N1CCC(=O)NCC(O)CNC(=O)CCN1C(=O)C=CC1=O. The number of carbonyl (C=O) groups is 5. The molecule has 1 aromatic rings. The first-order valence-electron chi connectivity index (χ1n) is 14.2. The van der Waals surface area contributed by atoms with Gasteiger partial charge in [0.15, 0.2) is 0 Å². The molecule has 5 amide bonds. The number of benzene rings is 1. The fourth-order valence-corrected chi connectivity index (χ4v) is 5.90. The molecule has 0 bridgehead atoms. The molecule has 0 aliphatic carbocycles. The summed E-state index contributed by atoms with van der Waals surface area (Å²) in [5.74, 6) is -0.849. The fourth-order valence-electron chi connectivity index (χ4n) is 4.72. The number of nitrogens with zero attached hydrogens (tertiary/aromatic N) is 2. The van der Waals surface area contributed by atoms with Gasteiger partial charge in [0.05, 0.1) is 11.4 Å². The number of aliphatic hydroxyl groups excluding tert-OH is 1. The Morgan fingerprint density at radius 1 is 1.05 bits per heavy atom. The highest BCUT2D eigenvalue weighted by atomic mass is 32.2. The van der Waals surface area contributed by atoms with E-state index in [0.717, 1.165) is 42.1 Å². The highest BCUT2D eigenvalue weighted by Crippen LogP contribution is 2.32. The molecule has 3 rings (SSSR count). The lowest BCUT2D eigenvalue weighted by Crippen LogP contribution is -2.41. The van der Waals surface area contributed by atoms with Gasteiger partial charge in [0.1, 0.15) is 0 Å². The van der Waals surface area contributed by atoms with Crippen LogP contribution in [0.1, 0.15) is 43.7 Å². The summed E-state index contributed by atoms with van der Waals surface area (Å²) in [5.41, 5.74) is 9.15. The second-order valence-electron chi connectivity index (χ2n) is 10.6. The molecule has 0 radical (unpaired) electrons. The lowest BCUT2D eigenvalue weighted by molar-refractivity contribution is -0.137. The average Bonchev–Trinajstić information content (AvgIpc) is 3.41. The second kappa shape index (κ2) is 16.2. The summed E-state index contributed by atoms with van der Waals surface area (Å²) in [4.78, 5) is 62.4. The van der Waals surface area contributed by atoms with Crippen molar-refractivity contribution < 1.29 is 29.1 Å². The van der Waals surface area contributed by atoms with Crippen molar-refractivity contribution in [2.75, 3.05) is 31.9 Å². The van der Waals surface area contributed by atoms with Crippen molar-refractivity contribution >= 4 is 41.3 Å². The number of aliphatic hydroxyl groups is 1. The Bertz CT molecular complexity index is 1180. The Balaban J connectivity index is 1.28. The molecular formula is C30H41N5O6S. The Hall–Kier alpha value is -3.48. The van der Waals surface area contributed by atoms with Crippen LogP contribution in [0, 0.1) is 0 Å². The number of carbonyl (C=O) groups excluding carboxylic acids is 5. The van der Waals surface area contributed by atoms with Gasteiger partial charge >= 0.3 is 0 Å². The number of thioether (sulfide) groups is 1. The zero-order valence-electron chi connectivity index (χ0n) is 24.0. The van der Waals surface area contributed by atoms with Crippen LogP contribution < -0.4 is 16.4 Å². The summed E-state index contributed by atoms with van der Waals surface area (Å²) in [6.45, 7) is 6.09. The van der Waals surface area contributed by atoms with E-state index in [-0.39, 0.29) is 62.1 Å². The van der Waals surface area contributed by atoms with Gasteiger partial charge in [0.2, 0.25) is 17.7 Å². The molecule has 2 aliphatic heterocycles. The number of imide groups is 1. The van der Waals surface area contributed by atoms with Gasteiger partial charge in [-0.3, -0.25) is 28.9 Å². The maximum Gasteiger partial charge on any atom is 0.253 e. The zero-order valence-corrected chi connectivity index (χ0v) is 24.9.